The van der Waals surface area contributed by atoms with Crippen molar-refractivity contribution in [2.45, 2.75) is 31.8 Å². The fraction of sp³-hybridized carbons (Fsp3) is 0.300. The summed E-state index contributed by atoms with van der Waals surface area (Å²) < 4.78 is 1.12. The smallest absolute Gasteiger partial charge is 0.318 e. The van der Waals surface area contributed by atoms with Gasteiger partial charge >= 0.3 is 6.03 Å². The van der Waals surface area contributed by atoms with Gasteiger partial charge in [-0.25, -0.2) is 9.78 Å². The van der Waals surface area contributed by atoms with Crippen molar-refractivity contribution in [2.24, 2.45) is 0 Å². The maximum atomic E-state index is 12.9. The van der Waals surface area contributed by atoms with E-state index >= 15 is 0 Å². The molecule has 8 heteroatoms. The predicted molar refractivity (Wildman–Crippen MR) is 108 cm³/mol. The topological polar surface area (TPSA) is 88.4 Å². The average Bonchev–Trinajstić information content (AvgIpc) is 3.34. The molecule has 2 heterocycles. The molecule has 2 atom stereocenters. The summed E-state index contributed by atoms with van der Waals surface area (Å²) in [6.07, 6.45) is 1.82. The van der Waals surface area contributed by atoms with Crippen molar-refractivity contribution in [3.8, 4) is 0 Å². The molecule has 4 rings (SSSR count). The largest absolute Gasteiger partial charge is 0.331 e. The number of para-hydroxylation sites is 1. The number of hydrogen-bond acceptors (Lipinski definition) is 5. The van der Waals surface area contributed by atoms with Crippen LogP contribution in [0.2, 0.25) is 0 Å². The molecule has 144 valence electrons. The van der Waals surface area contributed by atoms with E-state index in [2.05, 4.69) is 5.32 Å². The molecule has 1 aliphatic heterocycles. The first-order chi connectivity index (χ1) is 13.5. The van der Waals surface area contributed by atoms with Gasteiger partial charge in [0.2, 0.25) is 0 Å². The highest BCUT2D eigenvalue weighted by atomic mass is 32.1. The zero-order valence-electron chi connectivity index (χ0n) is 15.4. The lowest BCUT2D eigenvalue weighted by Gasteiger charge is -2.25. The number of nitro benzene ring substituents is 1. The van der Waals surface area contributed by atoms with Crippen LogP contribution in [0.1, 0.15) is 42.4 Å². The summed E-state index contributed by atoms with van der Waals surface area (Å²) in [6.45, 7) is 2.51. The number of urea groups is 1. The third-order valence-corrected chi connectivity index (χ3v) is 6.17. The third-order valence-electron chi connectivity index (χ3n) is 5.03. The Morgan fingerprint density at radius 3 is 2.93 bits per heavy atom. The fourth-order valence-electron chi connectivity index (χ4n) is 3.56. The Bertz CT molecular complexity index is 1000. The Morgan fingerprint density at radius 1 is 1.32 bits per heavy atom. The van der Waals surface area contributed by atoms with Crippen molar-refractivity contribution in [3.63, 3.8) is 0 Å². The number of carbonyl (C=O) groups is 1. The van der Waals surface area contributed by atoms with Crippen molar-refractivity contribution < 1.29 is 9.72 Å². The summed E-state index contributed by atoms with van der Waals surface area (Å²) in [5, 5.41) is 14.9. The van der Waals surface area contributed by atoms with Gasteiger partial charge in [0.15, 0.2) is 0 Å². The second kappa shape index (κ2) is 7.55. The van der Waals surface area contributed by atoms with Gasteiger partial charge in [0.25, 0.3) is 5.69 Å². The zero-order valence-corrected chi connectivity index (χ0v) is 16.2. The second-order valence-electron chi connectivity index (χ2n) is 6.89. The van der Waals surface area contributed by atoms with Crippen LogP contribution in [0.4, 0.5) is 10.5 Å². The van der Waals surface area contributed by atoms with Crippen LogP contribution in [0.15, 0.2) is 48.5 Å². The standard InChI is InChI=1S/C20H20N4O3S/c1-13(14-6-4-7-15(12-14)24(26)27)21-20(25)23-11-5-9-17(23)19-22-16-8-2-3-10-18(16)28-19/h2-4,6-8,10,12-13,17H,5,9,11H2,1H3,(H,21,25)/t13-,17+/m1/s1. The van der Waals surface area contributed by atoms with Crippen LogP contribution in [0.3, 0.4) is 0 Å². The maximum Gasteiger partial charge on any atom is 0.318 e. The van der Waals surface area contributed by atoms with E-state index in [1.54, 1.807) is 23.5 Å². The van der Waals surface area contributed by atoms with Gasteiger partial charge in [0.1, 0.15) is 5.01 Å². The number of nitrogens with zero attached hydrogens (tertiary/aromatic N) is 3. The first-order valence-corrected chi connectivity index (χ1v) is 10.0. The summed E-state index contributed by atoms with van der Waals surface area (Å²) in [4.78, 5) is 30.0. The number of fused-ring (bicyclic) bond motifs is 1. The van der Waals surface area contributed by atoms with Gasteiger partial charge in [-0.05, 0) is 37.5 Å². The molecule has 2 amide bonds. The Labute approximate surface area is 166 Å². The summed E-state index contributed by atoms with van der Waals surface area (Å²) in [5.74, 6) is 0. The van der Waals surface area contributed by atoms with E-state index in [1.165, 1.54) is 12.1 Å². The summed E-state index contributed by atoms with van der Waals surface area (Å²) in [6, 6.07) is 13.8. The van der Waals surface area contributed by atoms with E-state index in [0.717, 1.165) is 28.1 Å². The molecule has 1 fully saturated rings. The third kappa shape index (κ3) is 3.55. The minimum Gasteiger partial charge on any atom is -0.331 e. The van der Waals surface area contributed by atoms with E-state index in [1.807, 2.05) is 36.1 Å². The van der Waals surface area contributed by atoms with Crippen LogP contribution in [-0.4, -0.2) is 27.4 Å². The molecule has 0 aliphatic carbocycles. The maximum absolute atomic E-state index is 12.9. The van der Waals surface area contributed by atoms with E-state index in [0.29, 0.717) is 12.1 Å². The van der Waals surface area contributed by atoms with Gasteiger partial charge in [-0.3, -0.25) is 10.1 Å². The highest BCUT2D eigenvalue weighted by molar-refractivity contribution is 7.18. The van der Waals surface area contributed by atoms with E-state index in [-0.39, 0.29) is 23.8 Å². The van der Waals surface area contributed by atoms with Crippen molar-refractivity contribution >= 4 is 33.3 Å². The van der Waals surface area contributed by atoms with E-state index < -0.39 is 4.92 Å². The molecular formula is C20H20N4O3S. The molecule has 0 radical (unpaired) electrons. The number of likely N-dealkylation sites (tertiary alicyclic amines) is 1. The van der Waals surface area contributed by atoms with Crippen molar-refractivity contribution in [2.75, 3.05) is 6.54 Å². The molecule has 1 aliphatic rings. The molecule has 0 saturated carbocycles. The van der Waals surface area contributed by atoms with Crippen LogP contribution < -0.4 is 5.32 Å². The Morgan fingerprint density at radius 2 is 2.14 bits per heavy atom. The molecule has 1 saturated heterocycles. The van der Waals surface area contributed by atoms with E-state index in [9.17, 15) is 14.9 Å². The highest BCUT2D eigenvalue weighted by Gasteiger charge is 2.33. The summed E-state index contributed by atoms with van der Waals surface area (Å²) in [5.41, 5.74) is 1.69. The van der Waals surface area contributed by atoms with Gasteiger partial charge in [-0.1, -0.05) is 24.3 Å². The first-order valence-electron chi connectivity index (χ1n) is 9.20. The van der Waals surface area contributed by atoms with Crippen LogP contribution in [-0.2, 0) is 0 Å². The number of amides is 2. The first kappa shape index (κ1) is 18.4. The SMILES string of the molecule is C[C@@H](NC(=O)N1CCC[C@H]1c1nc2ccccc2s1)c1cccc([N+](=O)[O-])c1. The van der Waals surface area contributed by atoms with Crippen LogP contribution in [0.25, 0.3) is 10.2 Å². The molecule has 3 aromatic rings. The van der Waals surface area contributed by atoms with Crippen molar-refractivity contribution in [1.29, 1.82) is 0 Å². The number of nitro groups is 1. The minimum absolute atomic E-state index is 0.0205. The summed E-state index contributed by atoms with van der Waals surface area (Å²) in [7, 11) is 0. The number of thiazole rings is 1. The molecule has 2 aromatic carbocycles. The monoisotopic (exact) mass is 396 g/mol. The van der Waals surface area contributed by atoms with Crippen LogP contribution in [0, 0.1) is 10.1 Å². The van der Waals surface area contributed by atoms with Gasteiger partial charge in [0.05, 0.1) is 27.2 Å². The Hall–Kier alpha value is -3.00. The van der Waals surface area contributed by atoms with Gasteiger partial charge in [0, 0.05) is 18.7 Å². The predicted octanol–water partition coefficient (Wildman–Crippen LogP) is 4.81. The molecule has 0 unspecified atom stereocenters. The quantitative estimate of drug-likeness (QED) is 0.506. The molecule has 7 nitrogen and oxygen atoms in total. The van der Waals surface area contributed by atoms with Crippen molar-refractivity contribution in [3.05, 3.63) is 69.2 Å². The highest BCUT2D eigenvalue weighted by Crippen LogP contribution is 2.36. The number of aromatic nitrogens is 1. The molecule has 0 spiro atoms. The fourth-order valence-corrected chi connectivity index (χ4v) is 4.67. The number of non-ortho nitro benzene ring substituents is 1. The number of benzene rings is 2. The lowest BCUT2D eigenvalue weighted by atomic mass is 10.1. The number of hydrogen-bond donors (Lipinski definition) is 1. The molecule has 28 heavy (non-hydrogen) atoms. The summed E-state index contributed by atoms with van der Waals surface area (Å²) >= 11 is 1.63. The molecule has 0 bridgehead atoms. The number of rotatable bonds is 4. The molecule has 1 N–H and O–H groups in total. The van der Waals surface area contributed by atoms with Crippen molar-refractivity contribution in [1.82, 2.24) is 15.2 Å². The normalized spacial score (nSPS) is 17.6. The Balaban J connectivity index is 1.50. The zero-order chi connectivity index (χ0) is 19.7. The second-order valence-corrected chi connectivity index (χ2v) is 7.96. The lowest BCUT2D eigenvalue weighted by molar-refractivity contribution is -0.384. The van der Waals surface area contributed by atoms with Crippen LogP contribution in [0.5, 0.6) is 0 Å². The minimum atomic E-state index is -0.429. The van der Waals surface area contributed by atoms with Gasteiger partial charge in [-0.2, -0.15) is 0 Å². The average molecular weight is 396 g/mol. The van der Waals surface area contributed by atoms with Gasteiger partial charge in [-0.15, -0.1) is 11.3 Å². The lowest BCUT2D eigenvalue weighted by Crippen LogP contribution is -2.40. The molecular weight excluding hydrogens is 376 g/mol. The number of carbonyl (C=O) groups excluding carboxylic acids is 1. The number of nitrogens with one attached hydrogen (secondary N) is 1. The van der Waals surface area contributed by atoms with Crippen LogP contribution >= 0.6 is 11.3 Å². The molecule has 1 aromatic heterocycles. The Kier molecular flexibility index (Phi) is 4.95. The van der Waals surface area contributed by atoms with E-state index in [4.69, 9.17) is 4.98 Å². The van der Waals surface area contributed by atoms with Gasteiger partial charge < -0.3 is 10.2 Å².